The molecule has 6 heteroatoms. The maximum absolute atomic E-state index is 13.0. The van der Waals surface area contributed by atoms with Crippen LogP contribution in [-0.2, 0) is 5.72 Å². The number of nitrogen functional groups attached to an aromatic ring is 1. The van der Waals surface area contributed by atoms with Crippen LogP contribution in [0.25, 0.3) is 0 Å². The van der Waals surface area contributed by atoms with E-state index in [2.05, 4.69) is 5.10 Å². The van der Waals surface area contributed by atoms with Gasteiger partial charge in [-0.15, -0.1) is 0 Å². The Balaban J connectivity index is 2.01. The second kappa shape index (κ2) is 6.57. The Morgan fingerprint density at radius 3 is 2.64 bits per heavy atom. The summed E-state index contributed by atoms with van der Waals surface area (Å²) in [6.45, 7) is 1.95. The van der Waals surface area contributed by atoms with E-state index < -0.39 is 11.6 Å². The summed E-state index contributed by atoms with van der Waals surface area (Å²) in [6.07, 6.45) is 0.920. The van der Waals surface area contributed by atoms with Gasteiger partial charge in [-0.3, -0.25) is 4.79 Å². The zero-order valence-electron chi connectivity index (χ0n) is 14.3. The van der Waals surface area contributed by atoms with E-state index in [1.165, 1.54) is 0 Å². The van der Waals surface area contributed by atoms with Gasteiger partial charge in [0.25, 0.3) is 5.91 Å². The summed E-state index contributed by atoms with van der Waals surface area (Å²) >= 11 is 0. The first-order chi connectivity index (χ1) is 12.0. The Bertz CT molecular complexity index is 817. The topological polar surface area (TPSA) is 88.2 Å². The van der Waals surface area contributed by atoms with Gasteiger partial charge in [0.15, 0.2) is 5.72 Å². The van der Waals surface area contributed by atoms with Gasteiger partial charge in [-0.05, 0) is 36.8 Å². The van der Waals surface area contributed by atoms with Gasteiger partial charge in [-0.2, -0.15) is 10.1 Å². The van der Waals surface area contributed by atoms with E-state index in [-0.39, 0.29) is 6.42 Å². The van der Waals surface area contributed by atoms with Gasteiger partial charge >= 0.3 is 0 Å². The third kappa shape index (κ3) is 3.08. The van der Waals surface area contributed by atoms with Gasteiger partial charge in [-0.1, -0.05) is 25.1 Å². The minimum absolute atomic E-state index is 0.268. The molecule has 0 saturated carbocycles. The normalized spacial score (nSPS) is 19.6. The summed E-state index contributed by atoms with van der Waals surface area (Å²) in [4.78, 5) is 13.0. The Morgan fingerprint density at radius 1 is 1.32 bits per heavy atom. The molecule has 1 aliphatic rings. The standard InChI is InChI=1S/C19H21N3O3/c1-3-16-12-19(24,14-7-9-17(25-2)10-8-14)22(21-16)18(23)13-5-4-6-15(20)11-13/h4-11,24H,3,12,20H2,1-2H3/t19-/m0/s1. The van der Waals surface area contributed by atoms with Crippen molar-refractivity contribution in [2.45, 2.75) is 25.5 Å². The molecule has 0 fully saturated rings. The number of hydrogen-bond donors (Lipinski definition) is 2. The SMILES string of the molecule is CCC1=NN(C(=O)c2cccc(N)c2)[C@@](O)(c2ccc(OC)cc2)C1. The van der Waals surface area contributed by atoms with E-state index in [4.69, 9.17) is 10.5 Å². The first-order valence-electron chi connectivity index (χ1n) is 8.11. The predicted molar refractivity (Wildman–Crippen MR) is 96.3 cm³/mol. The number of carbonyl (C=O) groups excluding carboxylic acids is 1. The monoisotopic (exact) mass is 339 g/mol. The van der Waals surface area contributed by atoms with Crippen LogP contribution in [-0.4, -0.2) is 28.8 Å². The number of hydrogen-bond acceptors (Lipinski definition) is 5. The molecule has 3 rings (SSSR count). The fourth-order valence-electron chi connectivity index (χ4n) is 2.90. The fourth-order valence-corrected chi connectivity index (χ4v) is 2.90. The molecule has 0 radical (unpaired) electrons. The van der Waals surface area contributed by atoms with E-state index in [1.54, 1.807) is 55.6 Å². The first-order valence-corrected chi connectivity index (χ1v) is 8.11. The number of nitrogens with two attached hydrogens (primary N) is 1. The van der Waals surface area contributed by atoms with Crippen LogP contribution in [0, 0.1) is 0 Å². The molecule has 6 nitrogen and oxygen atoms in total. The van der Waals surface area contributed by atoms with Crippen molar-refractivity contribution in [3.63, 3.8) is 0 Å². The maximum Gasteiger partial charge on any atom is 0.277 e. The lowest BCUT2D eigenvalue weighted by Crippen LogP contribution is -2.43. The zero-order chi connectivity index (χ0) is 18.0. The van der Waals surface area contributed by atoms with Crippen molar-refractivity contribution in [3.8, 4) is 5.75 Å². The molecular formula is C19H21N3O3. The number of nitrogens with zero attached hydrogens (tertiary/aromatic N) is 2. The molecule has 0 bridgehead atoms. The molecule has 0 unspecified atom stereocenters. The molecule has 3 N–H and O–H groups in total. The van der Waals surface area contributed by atoms with Gasteiger partial charge < -0.3 is 15.6 Å². The molecule has 0 spiro atoms. The third-order valence-electron chi connectivity index (χ3n) is 4.33. The zero-order valence-corrected chi connectivity index (χ0v) is 14.3. The van der Waals surface area contributed by atoms with Crippen LogP contribution < -0.4 is 10.5 Å². The van der Waals surface area contributed by atoms with Crippen molar-refractivity contribution in [1.82, 2.24) is 5.01 Å². The van der Waals surface area contributed by atoms with E-state index in [0.29, 0.717) is 29.0 Å². The molecule has 130 valence electrons. The first kappa shape index (κ1) is 17.0. The molecule has 0 saturated heterocycles. The van der Waals surface area contributed by atoms with Crippen molar-refractivity contribution < 1.29 is 14.6 Å². The van der Waals surface area contributed by atoms with Gasteiger partial charge in [0.05, 0.1) is 7.11 Å². The molecule has 0 aliphatic carbocycles. The van der Waals surface area contributed by atoms with E-state index in [1.807, 2.05) is 6.92 Å². The van der Waals surface area contributed by atoms with Crippen molar-refractivity contribution in [1.29, 1.82) is 0 Å². The number of amides is 1. The number of ether oxygens (including phenoxy) is 1. The van der Waals surface area contributed by atoms with Crippen LogP contribution in [0.3, 0.4) is 0 Å². The second-order valence-electron chi connectivity index (χ2n) is 5.98. The molecule has 0 aromatic heterocycles. The summed E-state index contributed by atoms with van der Waals surface area (Å²) < 4.78 is 5.16. The van der Waals surface area contributed by atoms with E-state index in [9.17, 15) is 9.90 Å². The number of hydrazone groups is 1. The second-order valence-corrected chi connectivity index (χ2v) is 5.98. The minimum atomic E-state index is -1.53. The number of carbonyl (C=O) groups is 1. The summed E-state index contributed by atoms with van der Waals surface area (Å²) in [5, 5.41) is 16.8. The Hall–Kier alpha value is -2.86. The van der Waals surface area contributed by atoms with Gasteiger partial charge in [0, 0.05) is 28.9 Å². The quantitative estimate of drug-likeness (QED) is 0.838. The van der Waals surface area contributed by atoms with E-state index >= 15 is 0 Å². The minimum Gasteiger partial charge on any atom is -0.497 e. The summed E-state index contributed by atoms with van der Waals surface area (Å²) in [5.74, 6) is 0.282. The molecular weight excluding hydrogens is 318 g/mol. The number of benzene rings is 2. The predicted octanol–water partition coefficient (Wildman–Crippen LogP) is 2.73. The smallest absolute Gasteiger partial charge is 0.277 e. The number of methoxy groups -OCH3 is 1. The van der Waals surface area contributed by atoms with Crippen molar-refractivity contribution in [3.05, 3.63) is 59.7 Å². The van der Waals surface area contributed by atoms with Crippen LogP contribution in [0.4, 0.5) is 5.69 Å². The molecule has 2 aromatic rings. The molecule has 1 heterocycles. The van der Waals surface area contributed by atoms with Crippen molar-refractivity contribution >= 4 is 17.3 Å². The highest BCUT2D eigenvalue weighted by Gasteiger charge is 2.45. The third-order valence-corrected chi connectivity index (χ3v) is 4.33. The van der Waals surface area contributed by atoms with Gasteiger partial charge in [0.1, 0.15) is 5.75 Å². The number of anilines is 1. The lowest BCUT2D eigenvalue weighted by Gasteiger charge is -2.31. The van der Waals surface area contributed by atoms with Crippen LogP contribution in [0.1, 0.15) is 35.7 Å². The van der Waals surface area contributed by atoms with Crippen LogP contribution in [0.15, 0.2) is 53.6 Å². The van der Waals surface area contributed by atoms with Crippen LogP contribution in [0.5, 0.6) is 5.75 Å². The van der Waals surface area contributed by atoms with Crippen LogP contribution in [0.2, 0.25) is 0 Å². The lowest BCUT2D eigenvalue weighted by molar-refractivity contribution is -0.0765. The van der Waals surface area contributed by atoms with E-state index in [0.717, 1.165) is 10.7 Å². The van der Waals surface area contributed by atoms with Crippen molar-refractivity contribution in [2.75, 3.05) is 12.8 Å². The number of aliphatic hydroxyl groups is 1. The lowest BCUT2D eigenvalue weighted by atomic mass is 9.96. The number of rotatable bonds is 4. The van der Waals surface area contributed by atoms with Crippen molar-refractivity contribution in [2.24, 2.45) is 5.10 Å². The average molecular weight is 339 g/mol. The summed E-state index contributed by atoms with van der Waals surface area (Å²) in [5.41, 5.74) is 6.46. The summed E-state index contributed by atoms with van der Waals surface area (Å²) in [6, 6.07) is 13.6. The summed E-state index contributed by atoms with van der Waals surface area (Å²) in [7, 11) is 1.58. The molecule has 2 aromatic carbocycles. The highest BCUT2D eigenvalue weighted by Crippen LogP contribution is 2.37. The molecule has 1 aliphatic heterocycles. The Morgan fingerprint density at radius 2 is 2.04 bits per heavy atom. The maximum atomic E-state index is 13.0. The largest absolute Gasteiger partial charge is 0.497 e. The Labute approximate surface area is 146 Å². The Kier molecular flexibility index (Phi) is 4.46. The van der Waals surface area contributed by atoms with Gasteiger partial charge in [-0.25, -0.2) is 0 Å². The van der Waals surface area contributed by atoms with Gasteiger partial charge in [0.2, 0.25) is 0 Å². The molecule has 1 atom stereocenters. The fraction of sp³-hybridized carbons (Fsp3) is 0.263. The molecule has 25 heavy (non-hydrogen) atoms. The van der Waals surface area contributed by atoms with Crippen LogP contribution >= 0.6 is 0 Å². The highest BCUT2D eigenvalue weighted by molar-refractivity contribution is 5.98. The average Bonchev–Trinajstić information content (AvgIpc) is 2.99. The highest BCUT2D eigenvalue weighted by atomic mass is 16.5. The molecule has 1 amide bonds.